The van der Waals surface area contributed by atoms with E-state index in [0.29, 0.717) is 0 Å². The van der Waals surface area contributed by atoms with Crippen LogP contribution in [0.5, 0.6) is 0 Å². The molecule has 0 saturated carbocycles. The lowest BCUT2D eigenvalue weighted by atomic mass is 9.59. The molecule has 132 valence electrons. The van der Waals surface area contributed by atoms with Crippen LogP contribution in [0.2, 0.25) is 0 Å². The van der Waals surface area contributed by atoms with Crippen LogP contribution in [-0.4, -0.2) is 0 Å². The number of rotatable bonds is 6. The van der Waals surface area contributed by atoms with Gasteiger partial charge in [0, 0.05) is 18.6 Å². The Labute approximate surface area is 153 Å². The van der Waals surface area contributed by atoms with Gasteiger partial charge in [-0.1, -0.05) is 45.9 Å². The Kier molecular flexibility index (Phi) is 4.86. The molecule has 1 nitrogen and oxygen atoms in total. The van der Waals surface area contributed by atoms with Gasteiger partial charge in [0.25, 0.3) is 0 Å². The van der Waals surface area contributed by atoms with Crippen LogP contribution in [0.1, 0.15) is 64.5 Å². The second-order valence-electron chi connectivity index (χ2n) is 7.61. The molecular weight excluding hydrogens is 302 g/mol. The van der Waals surface area contributed by atoms with Gasteiger partial charge in [-0.25, -0.2) is 0 Å². The molecule has 1 aromatic heterocycles. The molecule has 0 spiro atoms. The zero-order valence-electron chi connectivity index (χ0n) is 16.3. The summed E-state index contributed by atoms with van der Waals surface area (Å²) in [5.74, 6) is 0. The van der Waals surface area contributed by atoms with Gasteiger partial charge >= 0.3 is 0 Å². The van der Waals surface area contributed by atoms with Gasteiger partial charge in [-0.15, -0.1) is 0 Å². The van der Waals surface area contributed by atoms with Gasteiger partial charge in [-0.05, 0) is 55.5 Å². The molecule has 0 bridgehead atoms. The molecule has 2 atom stereocenters. The zero-order chi connectivity index (χ0) is 18.1. The molecule has 1 aromatic carbocycles. The predicted molar refractivity (Wildman–Crippen MR) is 107 cm³/mol. The molecule has 0 amide bonds. The number of aromatic nitrogens is 1. The van der Waals surface area contributed by atoms with Crippen molar-refractivity contribution < 1.29 is 4.57 Å². The normalized spacial score (nSPS) is 24.5. The van der Waals surface area contributed by atoms with E-state index >= 15 is 0 Å². The number of aryl methyl sites for hydroxylation is 1. The van der Waals surface area contributed by atoms with Crippen LogP contribution >= 0.6 is 0 Å². The number of benzene rings is 1. The Morgan fingerprint density at radius 2 is 1.88 bits per heavy atom. The Hall–Kier alpha value is -1.89. The summed E-state index contributed by atoms with van der Waals surface area (Å²) >= 11 is 0. The van der Waals surface area contributed by atoms with Crippen molar-refractivity contribution in [2.24, 2.45) is 0 Å². The van der Waals surface area contributed by atoms with Crippen molar-refractivity contribution in [2.45, 2.75) is 70.8 Å². The number of allylic oxidation sites excluding steroid dienone is 1. The molecule has 25 heavy (non-hydrogen) atoms. The largest absolute Gasteiger partial charge is 0.213 e. The molecule has 1 aliphatic rings. The van der Waals surface area contributed by atoms with Crippen LogP contribution in [-0.2, 0) is 17.4 Å². The summed E-state index contributed by atoms with van der Waals surface area (Å²) in [6, 6.07) is 13.7. The lowest BCUT2D eigenvalue weighted by Gasteiger charge is -2.46. The Morgan fingerprint density at radius 3 is 2.52 bits per heavy atom. The molecule has 1 aliphatic heterocycles. The first-order valence-corrected chi connectivity index (χ1v) is 9.86. The van der Waals surface area contributed by atoms with Gasteiger partial charge in [0.15, 0.2) is 11.7 Å². The third kappa shape index (κ3) is 2.47. The van der Waals surface area contributed by atoms with Crippen molar-refractivity contribution in [3.8, 4) is 11.3 Å². The summed E-state index contributed by atoms with van der Waals surface area (Å²) in [5.41, 5.74) is 5.62. The molecule has 0 N–H and O–H groups in total. The number of nitrogens with zero attached hydrogens (tertiary/aromatic N) is 1. The minimum absolute atomic E-state index is 0.0417. The predicted octanol–water partition coefficient (Wildman–Crippen LogP) is 5.96. The first-order chi connectivity index (χ1) is 12.1. The highest BCUT2D eigenvalue weighted by Crippen LogP contribution is 2.50. The van der Waals surface area contributed by atoms with Crippen molar-refractivity contribution in [3.05, 3.63) is 66.4 Å². The Morgan fingerprint density at radius 1 is 1.08 bits per heavy atom. The van der Waals surface area contributed by atoms with Gasteiger partial charge in [-0.2, -0.15) is 4.57 Å². The third-order valence-electron chi connectivity index (χ3n) is 6.60. The van der Waals surface area contributed by atoms with Gasteiger partial charge in [0.1, 0.15) is 0 Å². The van der Waals surface area contributed by atoms with Crippen LogP contribution in [0.4, 0.5) is 0 Å². The summed E-state index contributed by atoms with van der Waals surface area (Å²) in [6.07, 6.45) is 10.2. The average molecular weight is 335 g/mol. The molecule has 0 radical (unpaired) electrons. The molecule has 2 aromatic rings. The second-order valence-corrected chi connectivity index (χ2v) is 7.61. The number of unbranched alkanes of at least 4 members (excludes halogenated alkanes) is 1. The fourth-order valence-corrected chi connectivity index (χ4v) is 4.84. The Balaban J connectivity index is 2.31. The average Bonchev–Trinajstić information content (AvgIpc) is 2.67. The van der Waals surface area contributed by atoms with Gasteiger partial charge in [0.05, 0.1) is 11.0 Å². The standard InChI is InChI=1S/C24H32N/c1-6-10-13-19-15-16-20-21(18-19)23(5,7-2)24(8-3,9-4)25-17-12-11-14-22(20)25/h8,11-12,14-18H,3,6-7,9-10,13H2,1-2,4-5H3/q+1. The minimum atomic E-state index is -0.0886. The molecule has 2 heterocycles. The van der Waals surface area contributed by atoms with Crippen molar-refractivity contribution >= 4 is 0 Å². The van der Waals surface area contributed by atoms with Crippen molar-refractivity contribution in [2.75, 3.05) is 0 Å². The summed E-state index contributed by atoms with van der Waals surface area (Å²) in [7, 11) is 0. The third-order valence-corrected chi connectivity index (χ3v) is 6.60. The quantitative estimate of drug-likeness (QED) is 0.453. The molecule has 0 saturated heterocycles. The van der Waals surface area contributed by atoms with Crippen molar-refractivity contribution in [1.29, 1.82) is 0 Å². The fourth-order valence-electron chi connectivity index (χ4n) is 4.84. The van der Waals surface area contributed by atoms with Crippen LogP contribution in [0.3, 0.4) is 0 Å². The van der Waals surface area contributed by atoms with E-state index in [1.807, 2.05) is 0 Å². The summed E-state index contributed by atoms with van der Waals surface area (Å²) < 4.78 is 2.47. The van der Waals surface area contributed by atoms with E-state index in [-0.39, 0.29) is 11.0 Å². The van der Waals surface area contributed by atoms with E-state index in [1.54, 1.807) is 0 Å². The van der Waals surface area contributed by atoms with Gasteiger partial charge in [-0.3, -0.25) is 0 Å². The first-order valence-electron chi connectivity index (χ1n) is 9.86. The van der Waals surface area contributed by atoms with E-state index in [4.69, 9.17) is 0 Å². The molecule has 3 rings (SSSR count). The van der Waals surface area contributed by atoms with Crippen LogP contribution in [0, 0.1) is 0 Å². The minimum Gasteiger partial charge on any atom is -0.188 e. The monoisotopic (exact) mass is 334 g/mol. The molecule has 0 fully saturated rings. The maximum absolute atomic E-state index is 4.29. The van der Waals surface area contributed by atoms with E-state index in [9.17, 15) is 0 Å². The maximum atomic E-state index is 4.29. The number of hydrogen-bond acceptors (Lipinski definition) is 0. The fraction of sp³-hybridized carbons (Fsp3) is 0.458. The first kappa shape index (κ1) is 17.9. The topological polar surface area (TPSA) is 3.88 Å². The van der Waals surface area contributed by atoms with Crippen LogP contribution in [0.15, 0.2) is 55.3 Å². The van der Waals surface area contributed by atoms with E-state index in [0.717, 1.165) is 12.8 Å². The summed E-state index contributed by atoms with van der Waals surface area (Å²) in [5, 5.41) is 0. The smallest absolute Gasteiger partial charge is 0.188 e. The number of hydrogen-bond donors (Lipinski definition) is 0. The van der Waals surface area contributed by atoms with Gasteiger partial charge < -0.3 is 0 Å². The molecular formula is C24H32N+. The molecule has 2 unspecified atom stereocenters. The van der Waals surface area contributed by atoms with E-state index in [2.05, 4.69) is 87.5 Å². The van der Waals surface area contributed by atoms with Crippen molar-refractivity contribution in [3.63, 3.8) is 0 Å². The SMILES string of the molecule is C=CC1(CC)[n+]2ccccc2-c2ccc(CCCC)cc2C1(C)CC. The summed E-state index contributed by atoms with van der Waals surface area (Å²) in [6.45, 7) is 13.6. The highest BCUT2D eigenvalue weighted by Gasteiger charge is 2.57. The molecule has 0 aliphatic carbocycles. The van der Waals surface area contributed by atoms with Crippen LogP contribution in [0.25, 0.3) is 11.3 Å². The number of pyridine rings is 1. The number of fused-ring (bicyclic) bond motifs is 3. The second kappa shape index (κ2) is 6.78. The lowest BCUT2D eigenvalue weighted by molar-refractivity contribution is -0.756. The van der Waals surface area contributed by atoms with Crippen molar-refractivity contribution in [1.82, 2.24) is 0 Å². The van der Waals surface area contributed by atoms with E-state index < -0.39 is 0 Å². The lowest BCUT2D eigenvalue weighted by Crippen LogP contribution is -2.68. The van der Waals surface area contributed by atoms with Crippen LogP contribution < -0.4 is 4.57 Å². The summed E-state index contributed by atoms with van der Waals surface area (Å²) in [4.78, 5) is 0. The highest BCUT2D eigenvalue weighted by atomic mass is 15.1. The maximum Gasteiger partial charge on any atom is 0.213 e. The molecule has 1 heteroatoms. The van der Waals surface area contributed by atoms with E-state index in [1.165, 1.54) is 41.6 Å². The zero-order valence-corrected chi connectivity index (χ0v) is 16.3. The van der Waals surface area contributed by atoms with Gasteiger partial charge in [0.2, 0.25) is 5.69 Å². The highest BCUT2D eigenvalue weighted by molar-refractivity contribution is 5.66. The Bertz CT molecular complexity index is 775.